The monoisotopic (exact) mass is 274 g/mol. The Hall–Kier alpha value is -2.61. The van der Waals surface area contributed by atoms with E-state index in [1.165, 1.54) is 5.56 Å². The van der Waals surface area contributed by atoms with Crippen LogP contribution in [0.1, 0.15) is 11.1 Å². The number of hydrogen-bond acceptors (Lipinski definition) is 2. The van der Waals surface area contributed by atoms with Gasteiger partial charge in [0.25, 0.3) is 0 Å². The van der Waals surface area contributed by atoms with Crippen LogP contribution in [0.15, 0.2) is 69.9 Å². The summed E-state index contributed by atoms with van der Waals surface area (Å²) in [6.45, 7) is 0. The van der Waals surface area contributed by atoms with Gasteiger partial charge in [-0.15, -0.1) is 0 Å². The first kappa shape index (κ1) is 12.2. The van der Waals surface area contributed by atoms with Crippen molar-refractivity contribution in [3.8, 4) is 22.5 Å². The summed E-state index contributed by atoms with van der Waals surface area (Å²) in [5.74, 6) is 0.739. The first-order chi connectivity index (χ1) is 10.3. The Bertz CT molecular complexity index is 840. The van der Waals surface area contributed by atoms with Gasteiger partial charge in [-0.2, -0.15) is 0 Å². The molecule has 0 fully saturated rings. The third-order valence-electron chi connectivity index (χ3n) is 4.06. The summed E-state index contributed by atoms with van der Waals surface area (Å²) in [6, 6.07) is 19.8. The molecule has 0 radical (unpaired) electrons. The van der Waals surface area contributed by atoms with Gasteiger partial charge in [0.15, 0.2) is 0 Å². The molecule has 2 aromatic carbocycles. The molecule has 2 heteroatoms. The highest BCUT2D eigenvalue weighted by atomic mass is 16.4. The molecule has 1 aliphatic rings. The van der Waals surface area contributed by atoms with Crippen molar-refractivity contribution in [3.05, 3.63) is 82.2 Å². The van der Waals surface area contributed by atoms with E-state index in [-0.39, 0.29) is 5.63 Å². The van der Waals surface area contributed by atoms with Crippen molar-refractivity contribution >= 4 is 0 Å². The van der Waals surface area contributed by atoms with Crippen molar-refractivity contribution in [1.82, 2.24) is 0 Å². The van der Waals surface area contributed by atoms with Crippen LogP contribution in [0.5, 0.6) is 0 Å². The molecule has 1 aromatic heterocycles. The normalized spacial score (nSPS) is 12.6. The van der Waals surface area contributed by atoms with Crippen LogP contribution < -0.4 is 5.63 Å². The van der Waals surface area contributed by atoms with E-state index in [4.69, 9.17) is 4.42 Å². The zero-order valence-corrected chi connectivity index (χ0v) is 11.5. The maximum absolute atomic E-state index is 12.0. The summed E-state index contributed by atoms with van der Waals surface area (Å²) in [5.41, 5.74) is 5.22. The number of rotatable bonds is 1. The minimum absolute atomic E-state index is 0.288. The Morgan fingerprint density at radius 2 is 1.57 bits per heavy atom. The number of aryl methyl sites for hydroxylation is 1. The SMILES string of the molecule is O=c1cc(-c2ccccc2)c2c(o1)-c1ccccc1CC2. The molecule has 0 atom stereocenters. The van der Waals surface area contributed by atoms with E-state index >= 15 is 0 Å². The topological polar surface area (TPSA) is 30.2 Å². The number of benzene rings is 2. The van der Waals surface area contributed by atoms with Crippen molar-refractivity contribution in [2.45, 2.75) is 12.8 Å². The molecule has 0 saturated carbocycles. The van der Waals surface area contributed by atoms with Gasteiger partial charge in [-0.05, 0) is 29.5 Å². The zero-order valence-electron chi connectivity index (χ0n) is 11.5. The Balaban J connectivity index is 2.02. The summed E-state index contributed by atoms with van der Waals surface area (Å²) < 4.78 is 5.53. The van der Waals surface area contributed by atoms with Crippen molar-refractivity contribution in [2.75, 3.05) is 0 Å². The molecule has 102 valence electrons. The zero-order chi connectivity index (χ0) is 14.2. The molecule has 0 bridgehead atoms. The predicted molar refractivity (Wildman–Crippen MR) is 83.3 cm³/mol. The fourth-order valence-electron chi connectivity index (χ4n) is 3.08. The average molecular weight is 274 g/mol. The van der Waals surface area contributed by atoms with Crippen molar-refractivity contribution in [2.24, 2.45) is 0 Å². The largest absolute Gasteiger partial charge is 0.422 e. The van der Waals surface area contributed by atoms with Gasteiger partial charge in [-0.25, -0.2) is 4.79 Å². The maximum atomic E-state index is 12.0. The molecule has 3 aromatic rings. The summed E-state index contributed by atoms with van der Waals surface area (Å²) in [4.78, 5) is 12.0. The lowest BCUT2D eigenvalue weighted by atomic mass is 9.86. The molecule has 0 amide bonds. The lowest BCUT2D eigenvalue weighted by Gasteiger charge is -2.20. The second-order valence-corrected chi connectivity index (χ2v) is 5.31. The minimum Gasteiger partial charge on any atom is -0.422 e. The van der Waals surface area contributed by atoms with Gasteiger partial charge in [-0.3, -0.25) is 0 Å². The Morgan fingerprint density at radius 3 is 2.43 bits per heavy atom. The molecule has 0 N–H and O–H groups in total. The van der Waals surface area contributed by atoms with Gasteiger partial charge in [-0.1, -0.05) is 54.6 Å². The van der Waals surface area contributed by atoms with E-state index in [1.54, 1.807) is 6.07 Å². The number of hydrogen-bond donors (Lipinski definition) is 0. The fraction of sp³-hybridized carbons (Fsp3) is 0.105. The Labute approximate surface area is 122 Å². The molecule has 0 unspecified atom stereocenters. The minimum atomic E-state index is -0.288. The van der Waals surface area contributed by atoms with Crippen molar-refractivity contribution in [3.63, 3.8) is 0 Å². The lowest BCUT2D eigenvalue weighted by molar-refractivity contribution is 0.516. The van der Waals surface area contributed by atoms with Crippen LogP contribution in [-0.2, 0) is 12.8 Å². The second-order valence-electron chi connectivity index (χ2n) is 5.31. The van der Waals surface area contributed by atoms with E-state index in [0.717, 1.165) is 40.9 Å². The van der Waals surface area contributed by atoms with E-state index in [1.807, 2.05) is 48.5 Å². The molecule has 0 aliphatic heterocycles. The van der Waals surface area contributed by atoms with Crippen LogP contribution in [-0.4, -0.2) is 0 Å². The molecule has 21 heavy (non-hydrogen) atoms. The van der Waals surface area contributed by atoms with Gasteiger partial charge in [0, 0.05) is 17.2 Å². The summed E-state index contributed by atoms with van der Waals surface area (Å²) in [6.07, 6.45) is 1.89. The summed E-state index contributed by atoms with van der Waals surface area (Å²) >= 11 is 0. The highest BCUT2D eigenvalue weighted by Crippen LogP contribution is 2.37. The highest BCUT2D eigenvalue weighted by Gasteiger charge is 2.22. The van der Waals surface area contributed by atoms with Crippen LogP contribution >= 0.6 is 0 Å². The van der Waals surface area contributed by atoms with Crippen LogP contribution in [0, 0.1) is 0 Å². The molecule has 1 aliphatic carbocycles. The standard InChI is InChI=1S/C19H14O2/c20-18-12-17(13-6-2-1-3-7-13)16-11-10-14-8-4-5-9-15(14)19(16)21-18/h1-9,12H,10-11H2. The third-order valence-corrected chi connectivity index (χ3v) is 4.06. The quantitative estimate of drug-likeness (QED) is 0.669. The molecule has 4 rings (SSSR count). The van der Waals surface area contributed by atoms with Gasteiger partial charge in [0.2, 0.25) is 0 Å². The molecule has 1 heterocycles. The van der Waals surface area contributed by atoms with Crippen molar-refractivity contribution in [1.29, 1.82) is 0 Å². The van der Waals surface area contributed by atoms with E-state index in [2.05, 4.69) is 6.07 Å². The highest BCUT2D eigenvalue weighted by molar-refractivity contribution is 5.77. The molecular formula is C19H14O2. The predicted octanol–water partition coefficient (Wildman–Crippen LogP) is 4.07. The Morgan fingerprint density at radius 1 is 0.810 bits per heavy atom. The first-order valence-corrected chi connectivity index (χ1v) is 7.13. The molecule has 2 nitrogen and oxygen atoms in total. The van der Waals surface area contributed by atoms with Gasteiger partial charge in [0.05, 0.1) is 0 Å². The Kier molecular flexibility index (Phi) is 2.74. The van der Waals surface area contributed by atoms with E-state index in [9.17, 15) is 4.79 Å². The van der Waals surface area contributed by atoms with E-state index in [0.29, 0.717) is 0 Å². The van der Waals surface area contributed by atoms with Gasteiger partial charge < -0.3 is 4.42 Å². The fourth-order valence-corrected chi connectivity index (χ4v) is 3.08. The lowest BCUT2D eigenvalue weighted by Crippen LogP contribution is -2.10. The number of fused-ring (bicyclic) bond motifs is 3. The third kappa shape index (κ3) is 2.00. The van der Waals surface area contributed by atoms with Crippen LogP contribution in [0.4, 0.5) is 0 Å². The van der Waals surface area contributed by atoms with Gasteiger partial charge in [0.1, 0.15) is 5.76 Å². The summed E-state index contributed by atoms with van der Waals surface area (Å²) in [7, 11) is 0. The second kappa shape index (κ2) is 4.74. The van der Waals surface area contributed by atoms with Crippen LogP contribution in [0.3, 0.4) is 0 Å². The first-order valence-electron chi connectivity index (χ1n) is 7.13. The molecule has 0 saturated heterocycles. The molecule has 0 spiro atoms. The van der Waals surface area contributed by atoms with Gasteiger partial charge >= 0.3 is 5.63 Å². The maximum Gasteiger partial charge on any atom is 0.336 e. The van der Waals surface area contributed by atoms with Crippen LogP contribution in [0.25, 0.3) is 22.5 Å². The molecular weight excluding hydrogens is 260 g/mol. The van der Waals surface area contributed by atoms with Crippen LogP contribution in [0.2, 0.25) is 0 Å². The van der Waals surface area contributed by atoms with Crippen molar-refractivity contribution < 1.29 is 4.42 Å². The average Bonchev–Trinajstić information content (AvgIpc) is 2.55. The van der Waals surface area contributed by atoms with E-state index < -0.39 is 0 Å². The summed E-state index contributed by atoms with van der Waals surface area (Å²) in [5, 5.41) is 0. The smallest absolute Gasteiger partial charge is 0.336 e.